The highest BCUT2D eigenvalue weighted by Crippen LogP contribution is 2.45. The molecule has 1 fully saturated rings. The van der Waals surface area contributed by atoms with Crippen molar-refractivity contribution in [3.63, 3.8) is 0 Å². The lowest BCUT2D eigenvalue weighted by atomic mass is 9.90. The van der Waals surface area contributed by atoms with Crippen molar-refractivity contribution < 1.29 is 9.18 Å². The van der Waals surface area contributed by atoms with Gasteiger partial charge in [0.05, 0.1) is 0 Å². The van der Waals surface area contributed by atoms with Gasteiger partial charge in [0, 0.05) is 12.1 Å². The lowest BCUT2D eigenvalue weighted by molar-refractivity contribution is -0.116. The van der Waals surface area contributed by atoms with Crippen LogP contribution in [0.25, 0.3) is 5.57 Å². The summed E-state index contributed by atoms with van der Waals surface area (Å²) in [6.45, 7) is 4.34. The normalized spacial score (nSPS) is 23.2. The quantitative estimate of drug-likeness (QED) is 0.837. The molecule has 1 amide bonds. The molecular weight excluding hydrogens is 253 g/mol. The van der Waals surface area contributed by atoms with Gasteiger partial charge >= 0.3 is 0 Å². The molecule has 1 aromatic rings. The van der Waals surface area contributed by atoms with Crippen LogP contribution in [-0.4, -0.2) is 11.9 Å². The van der Waals surface area contributed by atoms with Crippen LogP contribution in [0.5, 0.6) is 0 Å². The Morgan fingerprint density at radius 1 is 1.40 bits per heavy atom. The van der Waals surface area contributed by atoms with Crippen LogP contribution < -0.4 is 5.32 Å². The molecule has 0 bridgehead atoms. The maximum Gasteiger partial charge on any atom is 0.244 e. The molecule has 2 nitrogen and oxygen atoms in total. The van der Waals surface area contributed by atoms with E-state index in [9.17, 15) is 9.18 Å². The lowest BCUT2D eigenvalue weighted by Gasteiger charge is -2.14. The number of nitrogens with one attached hydrogen (secondary N) is 1. The Kier molecular flexibility index (Phi) is 3.36. The Hall–Kier alpha value is -1.64. The molecule has 1 saturated carbocycles. The fourth-order valence-electron chi connectivity index (χ4n) is 2.95. The van der Waals surface area contributed by atoms with Gasteiger partial charge in [0.25, 0.3) is 0 Å². The first-order chi connectivity index (χ1) is 9.54. The number of benzene rings is 1. The number of carbonyl (C=O) groups is 1. The predicted octanol–water partition coefficient (Wildman–Crippen LogP) is 3.63. The van der Waals surface area contributed by atoms with Gasteiger partial charge in [-0.3, -0.25) is 4.79 Å². The smallest absolute Gasteiger partial charge is 0.244 e. The first-order valence-electron chi connectivity index (χ1n) is 7.35. The van der Waals surface area contributed by atoms with Crippen molar-refractivity contribution in [2.75, 3.05) is 0 Å². The van der Waals surface area contributed by atoms with Crippen LogP contribution in [0.3, 0.4) is 0 Å². The lowest BCUT2D eigenvalue weighted by Crippen LogP contribution is -2.23. The van der Waals surface area contributed by atoms with E-state index in [0.29, 0.717) is 17.9 Å². The fourth-order valence-corrected chi connectivity index (χ4v) is 2.95. The monoisotopic (exact) mass is 273 g/mol. The third-order valence-electron chi connectivity index (χ3n) is 4.23. The van der Waals surface area contributed by atoms with Gasteiger partial charge in [-0.15, -0.1) is 0 Å². The SMILES string of the molecule is CC(C)C1C/C(=C/C(=O)NC2CC2)c2cc(F)ccc21. The number of fused-ring (bicyclic) bond motifs is 1. The average Bonchev–Trinajstić information content (AvgIpc) is 3.11. The summed E-state index contributed by atoms with van der Waals surface area (Å²) < 4.78 is 13.5. The zero-order valence-electron chi connectivity index (χ0n) is 11.9. The molecule has 20 heavy (non-hydrogen) atoms. The molecule has 0 saturated heterocycles. The van der Waals surface area contributed by atoms with E-state index in [1.54, 1.807) is 12.1 Å². The minimum Gasteiger partial charge on any atom is -0.350 e. The van der Waals surface area contributed by atoms with E-state index < -0.39 is 0 Å². The van der Waals surface area contributed by atoms with Gasteiger partial charge in [-0.25, -0.2) is 4.39 Å². The molecule has 0 heterocycles. The fraction of sp³-hybridized carbons (Fsp3) is 0.471. The van der Waals surface area contributed by atoms with E-state index in [0.717, 1.165) is 30.4 Å². The van der Waals surface area contributed by atoms with E-state index >= 15 is 0 Å². The van der Waals surface area contributed by atoms with E-state index in [2.05, 4.69) is 19.2 Å². The Morgan fingerprint density at radius 2 is 2.15 bits per heavy atom. The summed E-state index contributed by atoms with van der Waals surface area (Å²) >= 11 is 0. The highest BCUT2D eigenvalue weighted by Gasteiger charge is 2.30. The number of rotatable bonds is 3. The topological polar surface area (TPSA) is 29.1 Å². The Balaban J connectivity index is 1.91. The number of carbonyl (C=O) groups excluding carboxylic acids is 1. The van der Waals surface area contributed by atoms with Crippen LogP contribution in [-0.2, 0) is 4.79 Å². The summed E-state index contributed by atoms with van der Waals surface area (Å²) in [5, 5.41) is 2.96. The zero-order chi connectivity index (χ0) is 14.3. The summed E-state index contributed by atoms with van der Waals surface area (Å²) in [5.41, 5.74) is 3.05. The molecule has 1 unspecified atom stereocenters. The standard InChI is InChI=1S/C17H20FNO/c1-10(2)15-7-11(8-17(20)19-13-4-5-13)16-9-12(18)3-6-14(15)16/h3,6,8-10,13,15H,4-5,7H2,1-2H3,(H,19,20)/b11-8-. The molecule has 2 aliphatic rings. The summed E-state index contributed by atoms with van der Waals surface area (Å²) in [5.74, 6) is 0.589. The van der Waals surface area contributed by atoms with E-state index in [-0.39, 0.29) is 11.7 Å². The number of hydrogen-bond donors (Lipinski definition) is 1. The van der Waals surface area contributed by atoms with Gasteiger partial charge in [-0.2, -0.15) is 0 Å². The largest absolute Gasteiger partial charge is 0.350 e. The molecule has 1 atom stereocenters. The van der Waals surface area contributed by atoms with Crippen molar-refractivity contribution in [3.8, 4) is 0 Å². The summed E-state index contributed by atoms with van der Waals surface area (Å²) in [6.07, 6.45) is 4.65. The van der Waals surface area contributed by atoms with Crippen molar-refractivity contribution in [1.29, 1.82) is 0 Å². The molecule has 106 valence electrons. The van der Waals surface area contributed by atoms with Crippen molar-refractivity contribution in [1.82, 2.24) is 5.32 Å². The van der Waals surface area contributed by atoms with Crippen LogP contribution >= 0.6 is 0 Å². The molecule has 3 rings (SSSR count). The molecular formula is C17H20FNO. The number of halogens is 1. The van der Waals surface area contributed by atoms with Gasteiger partial charge in [0.1, 0.15) is 5.82 Å². The molecule has 3 heteroatoms. The molecule has 0 radical (unpaired) electrons. The van der Waals surface area contributed by atoms with Crippen LogP contribution in [0, 0.1) is 11.7 Å². The van der Waals surface area contributed by atoms with Crippen molar-refractivity contribution in [2.45, 2.75) is 45.1 Å². The molecule has 0 aromatic heterocycles. The summed E-state index contributed by atoms with van der Waals surface area (Å²) in [4.78, 5) is 11.9. The van der Waals surface area contributed by atoms with Crippen molar-refractivity contribution >= 4 is 11.5 Å². The maximum atomic E-state index is 13.5. The molecule has 2 aliphatic carbocycles. The highest BCUT2D eigenvalue weighted by atomic mass is 19.1. The van der Waals surface area contributed by atoms with Crippen LogP contribution in [0.1, 0.15) is 50.2 Å². The third-order valence-corrected chi connectivity index (χ3v) is 4.23. The average molecular weight is 273 g/mol. The maximum absolute atomic E-state index is 13.5. The third kappa shape index (κ3) is 2.62. The van der Waals surface area contributed by atoms with Crippen LogP contribution in [0.2, 0.25) is 0 Å². The molecule has 1 N–H and O–H groups in total. The van der Waals surface area contributed by atoms with Gasteiger partial charge in [0.2, 0.25) is 5.91 Å². The summed E-state index contributed by atoms with van der Waals surface area (Å²) in [7, 11) is 0. The van der Waals surface area contributed by atoms with Crippen LogP contribution in [0.15, 0.2) is 24.3 Å². The Labute approximate surface area is 119 Å². The molecule has 1 aromatic carbocycles. The van der Waals surface area contributed by atoms with E-state index in [4.69, 9.17) is 0 Å². The first-order valence-corrected chi connectivity index (χ1v) is 7.35. The second kappa shape index (κ2) is 5.04. The summed E-state index contributed by atoms with van der Waals surface area (Å²) in [6, 6.07) is 5.30. The number of amides is 1. The van der Waals surface area contributed by atoms with Gasteiger partial charge in [0.15, 0.2) is 0 Å². The van der Waals surface area contributed by atoms with Crippen LogP contribution in [0.4, 0.5) is 4.39 Å². The molecule has 0 spiro atoms. The first kappa shape index (κ1) is 13.3. The van der Waals surface area contributed by atoms with Gasteiger partial charge in [-0.05, 0) is 59.9 Å². The minimum atomic E-state index is -0.235. The predicted molar refractivity (Wildman–Crippen MR) is 77.7 cm³/mol. The van der Waals surface area contributed by atoms with E-state index in [1.165, 1.54) is 11.6 Å². The van der Waals surface area contributed by atoms with E-state index in [1.807, 2.05) is 6.07 Å². The Bertz CT molecular complexity index is 572. The van der Waals surface area contributed by atoms with Crippen molar-refractivity contribution in [2.24, 2.45) is 5.92 Å². The second-order valence-electron chi connectivity index (χ2n) is 6.24. The zero-order valence-corrected chi connectivity index (χ0v) is 11.9. The number of allylic oxidation sites excluding steroid dienone is 1. The molecule has 0 aliphatic heterocycles. The second-order valence-corrected chi connectivity index (χ2v) is 6.24. The van der Waals surface area contributed by atoms with Gasteiger partial charge < -0.3 is 5.32 Å². The minimum absolute atomic E-state index is 0.0397. The van der Waals surface area contributed by atoms with Gasteiger partial charge in [-0.1, -0.05) is 19.9 Å². The highest BCUT2D eigenvalue weighted by molar-refractivity contribution is 5.97. The van der Waals surface area contributed by atoms with Crippen molar-refractivity contribution in [3.05, 3.63) is 41.2 Å². The number of hydrogen-bond acceptors (Lipinski definition) is 1. The Morgan fingerprint density at radius 3 is 2.80 bits per heavy atom.